The Labute approximate surface area is 126 Å². The molecule has 2 aromatic rings. The minimum atomic E-state index is -0.932. The highest BCUT2D eigenvalue weighted by molar-refractivity contribution is 7.10. The van der Waals surface area contributed by atoms with E-state index in [9.17, 15) is 9.59 Å². The number of rotatable bonds is 5. The summed E-state index contributed by atoms with van der Waals surface area (Å²) < 4.78 is 0. The molecule has 0 unspecified atom stereocenters. The van der Waals surface area contributed by atoms with Gasteiger partial charge in [-0.3, -0.25) is 4.79 Å². The maximum Gasteiger partial charge on any atom is 0.319 e. The molecule has 0 atom stereocenters. The molecule has 1 aromatic heterocycles. The average Bonchev–Trinajstić information content (AvgIpc) is 2.84. The molecular weight excluding hydrogens is 288 g/mol. The van der Waals surface area contributed by atoms with Crippen molar-refractivity contribution in [1.82, 2.24) is 5.32 Å². The summed E-state index contributed by atoms with van der Waals surface area (Å²) in [6.07, 6.45) is -0.125. The predicted molar refractivity (Wildman–Crippen MR) is 82.7 cm³/mol. The molecule has 3 N–H and O–H groups in total. The molecule has 0 aliphatic rings. The number of carbonyl (C=O) groups excluding carboxylic acids is 1. The van der Waals surface area contributed by atoms with E-state index in [1.165, 1.54) is 0 Å². The lowest BCUT2D eigenvalue weighted by molar-refractivity contribution is -0.136. The number of thiophene rings is 1. The second kappa shape index (κ2) is 6.90. The van der Waals surface area contributed by atoms with Gasteiger partial charge in [-0.1, -0.05) is 18.2 Å². The number of nitrogens with one attached hydrogen (secondary N) is 2. The van der Waals surface area contributed by atoms with Gasteiger partial charge in [0.2, 0.25) is 0 Å². The van der Waals surface area contributed by atoms with E-state index in [0.29, 0.717) is 17.8 Å². The van der Waals surface area contributed by atoms with E-state index >= 15 is 0 Å². The first-order valence-corrected chi connectivity index (χ1v) is 7.31. The summed E-state index contributed by atoms with van der Waals surface area (Å²) in [5.41, 5.74) is 2.24. The zero-order valence-electron chi connectivity index (χ0n) is 11.6. The molecule has 110 valence electrons. The van der Waals surface area contributed by atoms with Gasteiger partial charge in [-0.05, 0) is 35.6 Å². The van der Waals surface area contributed by atoms with Crippen LogP contribution >= 0.6 is 11.3 Å². The van der Waals surface area contributed by atoms with Crippen molar-refractivity contribution < 1.29 is 14.7 Å². The topological polar surface area (TPSA) is 78.4 Å². The van der Waals surface area contributed by atoms with E-state index in [4.69, 9.17) is 5.11 Å². The van der Waals surface area contributed by atoms with Gasteiger partial charge < -0.3 is 15.7 Å². The molecule has 2 amide bonds. The van der Waals surface area contributed by atoms with Crippen LogP contribution in [0.1, 0.15) is 16.0 Å². The highest BCUT2D eigenvalue weighted by Gasteiger charge is 2.09. The van der Waals surface area contributed by atoms with Gasteiger partial charge in [0.1, 0.15) is 0 Å². The van der Waals surface area contributed by atoms with Crippen LogP contribution in [0.3, 0.4) is 0 Å². The number of carboxylic acid groups (broad SMARTS) is 1. The van der Waals surface area contributed by atoms with Crippen molar-refractivity contribution in [2.24, 2.45) is 0 Å². The largest absolute Gasteiger partial charge is 0.481 e. The molecule has 0 saturated heterocycles. The van der Waals surface area contributed by atoms with Crippen molar-refractivity contribution in [3.8, 4) is 0 Å². The summed E-state index contributed by atoms with van der Waals surface area (Å²) in [7, 11) is 0. The van der Waals surface area contributed by atoms with Crippen LogP contribution in [-0.2, 0) is 17.8 Å². The Morgan fingerprint density at radius 1 is 1.24 bits per heavy atom. The highest BCUT2D eigenvalue weighted by Crippen LogP contribution is 2.17. The Balaban J connectivity index is 1.96. The average molecular weight is 304 g/mol. The third-order valence-electron chi connectivity index (χ3n) is 2.98. The molecule has 0 spiro atoms. The molecule has 21 heavy (non-hydrogen) atoms. The molecule has 0 radical (unpaired) electrons. The lowest BCUT2D eigenvalue weighted by atomic mass is 10.1. The molecule has 5 nitrogen and oxygen atoms in total. The highest BCUT2D eigenvalue weighted by atomic mass is 32.1. The van der Waals surface area contributed by atoms with Crippen molar-refractivity contribution in [2.45, 2.75) is 19.9 Å². The first-order valence-electron chi connectivity index (χ1n) is 6.44. The number of benzene rings is 1. The van der Waals surface area contributed by atoms with Crippen LogP contribution in [0, 0.1) is 6.92 Å². The van der Waals surface area contributed by atoms with Gasteiger partial charge in [0.25, 0.3) is 0 Å². The van der Waals surface area contributed by atoms with Gasteiger partial charge in [0.05, 0.1) is 13.0 Å². The van der Waals surface area contributed by atoms with Crippen LogP contribution in [0.5, 0.6) is 0 Å². The van der Waals surface area contributed by atoms with Gasteiger partial charge in [-0.2, -0.15) is 0 Å². The first-order chi connectivity index (χ1) is 10.1. The molecule has 0 fully saturated rings. The quantitative estimate of drug-likeness (QED) is 0.794. The number of hydrogen-bond acceptors (Lipinski definition) is 3. The van der Waals surface area contributed by atoms with Crippen LogP contribution in [0.4, 0.5) is 10.5 Å². The van der Waals surface area contributed by atoms with Crippen LogP contribution in [0.25, 0.3) is 0 Å². The fourth-order valence-corrected chi connectivity index (χ4v) is 2.72. The number of carbonyl (C=O) groups is 2. The molecule has 0 bridgehead atoms. The van der Waals surface area contributed by atoms with Crippen LogP contribution < -0.4 is 10.6 Å². The Hall–Kier alpha value is -2.34. The smallest absolute Gasteiger partial charge is 0.319 e. The summed E-state index contributed by atoms with van der Waals surface area (Å²) >= 11 is 1.59. The van der Waals surface area contributed by atoms with E-state index in [1.54, 1.807) is 35.6 Å². The normalized spacial score (nSPS) is 10.1. The standard InChI is InChI=1S/C15H16N2O3S/c1-10-6-7-21-13(10)9-16-15(20)17-12-5-3-2-4-11(12)8-14(18)19/h2-7H,8-9H2,1H3,(H,18,19)(H2,16,17,20). The Kier molecular flexibility index (Phi) is 4.94. The molecule has 1 heterocycles. The van der Waals surface area contributed by atoms with Gasteiger partial charge in [-0.15, -0.1) is 11.3 Å². The van der Waals surface area contributed by atoms with Crippen molar-refractivity contribution in [2.75, 3.05) is 5.32 Å². The van der Waals surface area contributed by atoms with Gasteiger partial charge in [0, 0.05) is 10.6 Å². The third kappa shape index (κ3) is 4.32. The summed E-state index contributed by atoms with van der Waals surface area (Å²) in [5, 5.41) is 16.3. The molecule has 0 aliphatic carbocycles. The molecule has 2 rings (SSSR count). The summed E-state index contributed by atoms with van der Waals surface area (Å²) in [5.74, 6) is -0.932. The number of carboxylic acids is 1. The van der Waals surface area contributed by atoms with Crippen molar-refractivity contribution in [3.05, 3.63) is 51.7 Å². The lowest BCUT2D eigenvalue weighted by Gasteiger charge is -2.10. The number of para-hydroxylation sites is 1. The zero-order valence-corrected chi connectivity index (χ0v) is 12.4. The summed E-state index contributed by atoms with van der Waals surface area (Å²) in [6, 6.07) is 8.53. The minimum Gasteiger partial charge on any atom is -0.481 e. The number of urea groups is 1. The predicted octanol–water partition coefficient (Wildman–Crippen LogP) is 3.01. The molecular formula is C15H16N2O3S. The number of hydrogen-bond donors (Lipinski definition) is 3. The van der Waals surface area contributed by atoms with Crippen LogP contribution in [0.2, 0.25) is 0 Å². The van der Waals surface area contributed by atoms with Gasteiger partial charge in [0.15, 0.2) is 0 Å². The Bertz CT molecular complexity index is 652. The monoisotopic (exact) mass is 304 g/mol. The van der Waals surface area contributed by atoms with E-state index < -0.39 is 5.97 Å². The fraction of sp³-hybridized carbons (Fsp3) is 0.200. The zero-order chi connectivity index (χ0) is 15.2. The summed E-state index contributed by atoms with van der Waals surface area (Å²) in [6.45, 7) is 2.45. The fourth-order valence-electron chi connectivity index (χ4n) is 1.87. The second-order valence-corrected chi connectivity index (χ2v) is 5.56. The molecule has 1 aromatic carbocycles. The lowest BCUT2D eigenvalue weighted by Crippen LogP contribution is -2.28. The van der Waals surface area contributed by atoms with Gasteiger partial charge in [-0.25, -0.2) is 4.79 Å². The van der Waals surface area contributed by atoms with Crippen LogP contribution in [-0.4, -0.2) is 17.1 Å². The van der Waals surface area contributed by atoms with Crippen molar-refractivity contribution in [3.63, 3.8) is 0 Å². The van der Waals surface area contributed by atoms with Crippen molar-refractivity contribution >= 4 is 29.0 Å². The Morgan fingerprint density at radius 2 is 2.00 bits per heavy atom. The Morgan fingerprint density at radius 3 is 2.67 bits per heavy atom. The van der Waals surface area contributed by atoms with E-state index in [1.807, 2.05) is 18.4 Å². The minimum absolute atomic E-state index is 0.125. The van der Waals surface area contributed by atoms with E-state index in [0.717, 1.165) is 10.4 Å². The maximum atomic E-state index is 11.9. The molecule has 0 saturated carbocycles. The second-order valence-electron chi connectivity index (χ2n) is 4.56. The van der Waals surface area contributed by atoms with Gasteiger partial charge >= 0.3 is 12.0 Å². The van der Waals surface area contributed by atoms with E-state index in [-0.39, 0.29) is 12.5 Å². The van der Waals surface area contributed by atoms with Crippen molar-refractivity contribution in [1.29, 1.82) is 0 Å². The SMILES string of the molecule is Cc1ccsc1CNC(=O)Nc1ccccc1CC(=O)O. The molecule has 0 aliphatic heterocycles. The number of anilines is 1. The first kappa shape index (κ1) is 15.1. The third-order valence-corrected chi connectivity index (χ3v) is 4.01. The molecule has 6 heteroatoms. The number of aliphatic carboxylic acids is 1. The number of aryl methyl sites for hydroxylation is 1. The van der Waals surface area contributed by atoms with E-state index in [2.05, 4.69) is 10.6 Å². The summed E-state index contributed by atoms with van der Waals surface area (Å²) in [4.78, 5) is 23.8. The van der Waals surface area contributed by atoms with Crippen LogP contribution in [0.15, 0.2) is 35.7 Å². The maximum absolute atomic E-state index is 11.9. The number of amides is 2.